The van der Waals surface area contributed by atoms with Crippen LogP contribution in [0.4, 0.5) is 17.1 Å². The number of aryl methyl sites for hydroxylation is 1. The number of rotatable bonds is 9. The van der Waals surface area contributed by atoms with E-state index in [-0.39, 0.29) is 0 Å². The molecule has 0 saturated carbocycles. The zero-order valence-corrected chi connectivity index (χ0v) is 21.7. The van der Waals surface area contributed by atoms with Gasteiger partial charge in [-0.25, -0.2) is 0 Å². The highest BCUT2D eigenvalue weighted by atomic mass is 15.1. The summed E-state index contributed by atoms with van der Waals surface area (Å²) >= 11 is 0. The molecule has 182 valence electrons. The summed E-state index contributed by atoms with van der Waals surface area (Å²) in [6.45, 7) is 15.8. The van der Waals surface area contributed by atoms with E-state index < -0.39 is 0 Å². The summed E-state index contributed by atoms with van der Waals surface area (Å²) in [5.74, 6) is 0. The van der Waals surface area contributed by atoms with Gasteiger partial charge in [-0.2, -0.15) is 0 Å². The van der Waals surface area contributed by atoms with Gasteiger partial charge in [0, 0.05) is 17.1 Å². The summed E-state index contributed by atoms with van der Waals surface area (Å²) in [5.41, 5.74) is 11.6. The first kappa shape index (κ1) is 25.5. The van der Waals surface area contributed by atoms with Crippen LogP contribution in [-0.4, -0.2) is 0 Å². The van der Waals surface area contributed by atoms with Crippen molar-refractivity contribution in [3.63, 3.8) is 0 Å². The van der Waals surface area contributed by atoms with Crippen LogP contribution >= 0.6 is 0 Å². The van der Waals surface area contributed by atoms with Gasteiger partial charge in [-0.3, -0.25) is 0 Å². The second kappa shape index (κ2) is 11.9. The standard InChI is InChI=1S/C36H33N/c1-6-9-10-11-27(4)36-26-32(17-12-28(36)5)31-18-24-35(25-19-31)37(33-20-13-29(7-2)14-21-33)34-22-15-30(8-3)16-23-34/h6-26H,1-3H2,4-5H3/b10-9-,27-11+. The lowest BCUT2D eigenvalue weighted by molar-refractivity contribution is 1.28. The van der Waals surface area contributed by atoms with Crippen LogP contribution in [0.25, 0.3) is 28.9 Å². The van der Waals surface area contributed by atoms with Crippen molar-refractivity contribution >= 4 is 34.8 Å². The van der Waals surface area contributed by atoms with E-state index in [1.807, 2.05) is 24.3 Å². The number of benzene rings is 4. The van der Waals surface area contributed by atoms with Crippen molar-refractivity contribution in [2.45, 2.75) is 13.8 Å². The minimum absolute atomic E-state index is 1.09. The van der Waals surface area contributed by atoms with Crippen LogP contribution in [0.2, 0.25) is 0 Å². The average Bonchev–Trinajstić information content (AvgIpc) is 2.94. The number of hydrogen-bond acceptors (Lipinski definition) is 1. The van der Waals surface area contributed by atoms with Crippen molar-refractivity contribution < 1.29 is 0 Å². The highest BCUT2D eigenvalue weighted by Crippen LogP contribution is 2.36. The van der Waals surface area contributed by atoms with E-state index in [0.717, 1.165) is 28.2 Å². The fraction of sp³-hybridized carbons (Fsp3) is 0.0556. The summed E-state index contributed by atoms with van der Waals surface area (Å²) in [6.07, 6.45) is 11.6. The molecule has 0 N–H and O–H groups in total. The van der Waals surface area contributed by atoms with Crippen molar-refractivity contribution in [1.29, 1.82) is 0 Å². The summed E-state index contributed by atoms with van der Waals surface area (Å²) in [7, 11) is 0. The highest BCUT2D eigenvalue weighted by Gasteiger charge is 2.13. The maximum Gasteiger partial charge on any atom is 0.0462 e. The highest BCUT2D eigenvalue weighted by molar-refractivity contribution is 5.80. The van der Waals surface area contributed by atoms with Crippen LogP contribution in [0, 0.1) is 6.92 Å². The van der Waals surface area contributed by atoms with Gasteiger partial charge in [-0.15, -0.1) is 0 Å². The van der Waals surface area contributed by atoms with Crippen molar-refractivity contribution in [3.8, 4) is 11.1 Å². The Morgan fingerprint density at radius 3 is 1.59 bits per heavy atom. The third kappa shape index (κ3) is 5.97. The Labute approximate surface area is 221 Å². The Morgan fingerprint density at radius 1 is 0.622 bits per heavy atom. The lowest BCUT2D eigenvalue weighted by Crippen LogP contribution is -2.09. The van der Waals surface area contributed by atoms with Crippen LogP contribution in [0.3, 0.4) is 0 Å². The van der Waals surface area contributed by atoms with E-state index in [1.54, 1.807) is 6.08 Å². The maximum absolute atomic E-state index is 3.89. The van der Waals surface area contributed by atoms with Crippen LogP contribution in [0.5, 0.6) is 0 Å². The Hall–Kier alpha value is -4.62. The molecule has 0 radical (unpaired) electrons. The second-order valence-electron chi connectivity index (χ2n) is 8.97. The molecular formula is C36H33N. The first-order valence-electron chi connectivity index (χ1n) is 12.5. The molecule has 0 fully saturated rings. The molecule has 37 heavy (non-hydrogen) atoms. The number of hydrogen-bond donors (Lipinski definition) is 0. The van der Waals surface area contributed by atoms with Crippen molar-refractivity contribution in [3.05, 3.63) is 157 Å². The molecule has 0 amide bonds. The molecule has 1 nitrogen and oxygen atoms in total. The largest absolute Gasteiger partial charge is 0.311 e. The predicted molar refractivity (Wildman–Crippen MR) is 164 cm³/mol. The second-order valence-corrected chi connectivity index (χ2v) is 8.97. The van der Waals surface area contributed by atoms with E-state index in [9.17, 15) is 0 Å². The van der Waals surface area contributed by atoms with E-state index >= 15 is 0 Å². The summed E-state index contributed by atoms with van der Waals surface area (Å²) in [5, 5.41) is 0. The van der Waals surface area contributed by atoms with Crippen LogP contribution in [0.15, 0.2) is 135 Å². The molecule has 0 atom stereocenters. The normalized spacial score (nSPS) is 11.4. The zero-order chi connectivity index (χ0) is 26.2. The molecule has 0 aromatic heterocycles. The summed E-state index contributed by atoms with van der Waals surface area (Å²) in [4.78, 5) is 2.27. The van der Waals surface area contributed by atoms with Gasteiger partial charge in [-0.05, 0) is 95.3 Å². The van der Waals surface area contributed by atoms with E-state index in [2.05, 4.69) is 136 Å². The predicted octanol–water partition coefficient (Wildman–Crippen LogP) is 10.6. The van der Waals surface area contributed by atoms with Crippen LogP contribution in [0.1, 0.15) is 29.2 Å². The van der Waals surface area contributed by atoms with Crippen molar-refractivity contribution in [1.82, 2.24) is 0 Å². The molecule has 0 aliphatic heterocycles. The molecule has 0 unspecified atom stereocenters. The SMILES string of the molecule is C=C/C=C\C=C(/C)c1cc(-c2ccc(N(c3ccc(C=C)cc3)c3ccc(C=C)cc3)cc2)ccc1C. The Morgan fingerprint density at radius 2 is 1.11 bits per heavy atom. The minimum Gasteiger partial charge on any atom is -0.311 e. The molecule has 4 aromatic rings. The fourth-order valence-electron chi connectivity index (χ4n) is 4.36. The summed E-state index contributed by atoms with van der Waals surface area (Å²) < 4.78 is 0. The molecule has 0 aliphatic rings. The lowest BCUT2D eigenvalue weighted by atomic mass is 9.95. The van der Waals surface area contributed by atoms with Gasteiger partial charge in [0.15, 0.2) is 0 Å². The molecule has 0 bridgehead atoms. The lowest BCUT2D eigenvalue weighted by Gasteiger charge is -2.26. The molecule has 1 heteroatoms. The van der Waals surface area contributed by atoms with E-state index in [1.165, 1.54) is 27.8 Å². The van der Waals surface area contributed by atoms with Crippen LogP contribution < -0.4 is 4.90 Å². The first-order chi connectivity index (χ1) is 18.0. The number of nitrogens with zero attached hydrogens (tertiary/aromatic N) is 1. The van der Waals surface area contributed by atoms with Gasteiger partial charge in [-0.1, -0.05) is 105 Å². The zero-order valence-electron chi connectivity index (χ0n) is 21.7. The molecule has 4 rings (SSSR count). The first-order valence-corrected chi connectivity index (χ1v) is 12.5. The van der Waals surface area contributed by atoms with Gasteiger partial charge < -0.3 is 4.90 Å². The van der Waals surface area contributed by atoms with Crippen molar-refractivity contribution in [2.75, 3.05) is 4.90 Å². The Balaban J connectivity index is 1.72. The maximum atomic E-state index is 3.89. The van der Waals surface area contributed by atoms with Gasteiger partial charge in [0.1, 0.15) is 0 Å². The van der Waals surface area contributed by atoms with Crippen molar-refractivity contribution in [2.24, 2.45) is 0 Å². The smallest absolute Gasteiger partial charge is 0.0462 e. The van der Waals surface area contributed by atoms with Crippen LogP contribution in [-0.2, 0) is 0 Å². The van der Waals surface area contributed by atoms with Gasteiger partial charge in [0.25, 0.3) is 0 Å². The molecular weight excluding hydrogens is 446 g/mol. The molecule has 4 aromatic carbocycles. The number of allylic oxidation sites excluding steroid dienone is 5. The fourth-order valence-corrected chi connectivity index (χ4v) is 4.36. The Bertz CT molecular complexity index is 1400. The molecule has 0 spiro atoms. The third-order valence-electron chi connectivity index (χ3n) is 6.49. The van der Waals surface area contributed by atoms with Gasteiger partial charge in [0.2, 0.25) is 0 Å². The minimum atomic E-state index is 1.09. The number of anilines is 3. The summed E-state index contributed by atoms with van der Waals surface area (Å²) in [6, 6.07) is 32.3. The van der Waals surface area contributed by atoms with Gasteiger partial charge in [0.05, 0.1) is 0 Å². The third-order valence-corrected chi connectivity index (χ3v) is 6.49. The quantitative estimate of drug-likeness (QED) is 0.216. The average molecular weight is 480 g/mol. The monoisotopic (exact) mass is 479 g/mol. The molecule has 0 saturated heterocycles. The Kier molecular flexibility index (Phi) is 8.18. The van der Waals surface area contributed by atoms with E-state index in [4.69, 9.17) is 0 Å². The van der Waals surface area contributed by atoms with Gasteiger partial charge >= 0.3 is 0 Å². The molecule has 0 aliphatic carbocycles. The van der Waals surface area contributed by atoms with E-state index in [0.29, 0.717) is 0 Å². The molecule has 0 heterocycles. The topological polar surface area (TPSA) is 3.24 Å².